The first-order valence-electron chi connectivity index (χ1n) is 12.6. The standard InChI is InChI=1S/C30H29F2N3O6/c31-30(32,23-7-11-26(12-8-23)38-17-3-14-33)41-27-9-4-21(5-10-27)6-13-28(36)39-15-1-2-16-40-29(37)22-18-24(34)20-25(35)19-22/h4-13,18-20H,1-3,15-17,34-35H2/b13-6+. The van der Waals surface area contributed by atoms with Gasteiger partial charge in [-0.25, -0.2) is 9.59 Å². The number of anilines is 2. The molecule has 3 rings (SSSR count). The van der Waals surface area contributed by atoms with Gasteiger partial charge in [0.1, 0.15) is 18.1 Å². The molecule has 0 spiro atoms. The maximum Gasteiger partial charge on any atom is 0.426 e. The van der Waals surface area contributed by atoms with Gasteiger partial charge in [-0.1, -0.05) is 12.1 Å². The quantitative estimate of drug-likeness (QED) is 0.112. The molecule has 0 unspecified atom stereocenters. The molecule has 0 atom stereocenters. The molecule has 0 bridgehead atoms. The summed E-state index contributed by atoms with van der Waals surface area (Å²) >= 11 is 0. The predicted octanol–water partition coefficient (Wildman–Crippen LogP) is 5.47. The third kappa shape index (κ3) is 10.2. The number of nitrogens with zero attached hydrogens (tertiary/aromatic N) is 1. The molecule has 0 fully saturated rings. The molecule has 0 saturated carbocycles. The number of hydrogen-bond donors (Lipinski definition) is 2. The van der Waals surface area contributed by atoms with E-state index in [1.54, 1.807) is 0 Å². The van der Waals surface area contributed by atoms with Gasteiger partial charge >= 0.3 is 18.0 Å². The SMILES string of the molecule is N#CCCOc1ccc(C(F)(F)Oc2ccc(/C=C/C(=O)OCCCCOC(=O)c3cc(N)cc(N)c3)cc2)cc1. The third-order valence-electron chi connectivity index (χ3n) is 5.44. The molecule has 4 N–H and O–H groups in total. The molecule has 0 aromatic heterocycles. The number of ether oxygens (including phenoxy) is 4. The fraction of sp³-hybridized carbons (Fsp3) is 0.233. The molecule has 0 aliphatic heterocycles. The van der Waals surface area contributed by atoms with Crippen molar-refractivity contribution in [1.29, 1.82) is 5.26 Å². The van der Waals surface area contributed by atoms with Crippen molar-refractivity contribution in [3.63, 3.8) is 0 Å². The van der Waals surface area contributed by atoms with E-state index in [9.17, 15) is 18.4 Å². The fourth-order valence-corrected chi connectivity index (χ4v) is 3.45. The van der Waals surface area contributed by atoms with Crippen LogP contribution in [0.15, 0.2) is 72.8 Å². The first-order chi connectivity index (χ1) is 19.7. The Morgan fingerprint density at radius 1 is 0.854 bits per heavy atom. The zero-order valence-corrected chi connectivity index (χ0v) is 22.1. The molecule has 11 heteroatoms. The van der Waals surface area contributed by atoms with E-state index < -0.39 is 18.0 Å². The summed E-state index contributed by atoms with van der Waals surface area (Å²) in [6.07, 6.45) is 0.255. The van der Waals surface area contributed by atoms with Crippen LogP contribution in [0.2, 0.25) is 0 Å². The smallest absolute Gasteiger partial charge is 0.426 e. The van der Waals surface area contributed by atoms with Crippen LogP contribution in [-0.4, -0.2) is 31.8 Å². The van der Waals surface area contributed by atoms with Crippen LogP contribution in [0.5, 0.6) is 11.5 Å². The van der Waals surface area contributed by atoms with Crippen molar-refractivity contribution in [3.8, 4) is 17.6 Å². The van der Waals surface area contributed by atoms with Crippen LogP contribution in [0.25, 0.3) is 6.08 Å². The van der Waals surface area contributed by atoms with Crippen molar-refractivity contribution >= 4 is 29.4 Å². The van der Waals surface area contributed by atoms with E-state index in [1.165, 1.54) is 78.9 Å². The van der Waals surface area contributed by atoms with Crippen molar-refractivity contribution < 1.29 is 37.3 Å². The number of alkyl halides is 2. The molecule has 0 amide bonds. The van der Waals surface area contributed by atoms with Crippen LogP contribution in [0.3, 0.4) is 0 Å². The minimum Gasteiger partial charge on any atom is -0.493 e. The molecular weight excluding hydrogens is 536 g/mol. The fourth-order valence-electron chi connectivity index (χ4n) is 3.45. The van der Waals surface area contributed by atoms with E-state index in [0.29, 0.717) is 35.5 Å². The predicted molar refractivity (Wildman–Crippen MR) is 148 cm³/mol. The van der Waals surface area contributed by atoms with Crippen molar-refractivity contribution in [2.45, 2.75) is 25.4 Å². The molecule has 41 heavy (non-hydrogen) atoms. The Labute approximate surface area is 235 Å². The number of hydrogen-bond acceptors (Lipinski definition) is 9. The van der Waals surface area contributed by atoms with Crippen molar-refractivity contribution in [2.24, 2.45) is 0 Å². The Morgan fingerprint density at radius 2 is 1.46 bits per heavy atom. The summed E-state index contributed by atoms with van der Waals surface area (Å²) in [6.45, 7) is 0.432. The van der Waals surface area contributed by atoms with E-state index in [2.05, 4.69) is 0 Å². The van der Waals surface area contributed by atoms with Crippen molar-refractivity contribution in [2.75, 3.05) is 31.3 Å². The molecule has 0 saturated heterocycles. The van der Waals surface area contributed by atoms with E-state index in [4.69, 9.17) is 35.7 Å². The second kappa shape index (κ2) is 14.9. The minimum absolute atomic E-state index is 0.0658. The van der Waals surface area contributed by atoms with Crippen LogP contribution < -0.4 is 20.9 Å². The van der Waals surface area contributed by atoms with E-state index in [1.807, 2.05) is 6.07 Å². The van der Waals surface area contributed by atoms with Crippen LogP contribution in [0, 0.1) is 11.3 Å². The lowest BCUT2D eigenvalue weighted by molar-refractivity contribution is -0.185. The van der Waals surface area contributed by atoms with Gasteiger partial charge in [0.05, 0.1) is 36.8 Å². The molecule has 3 aromatic rings. The number of rotatable bonds is 14. The highest BCUT2D eigenvalue weighted by atomic mass is 19.3. The van der Waals surface area contributed by atoms with Crippen LogP contribution in [-0.2, 0) is 20.4 Å². The van der Waals surface area contributed by atoms with Gasteiger partial charge in [0.2, 0.25) is 0 Å². The lowest BCUT2D eigenvalue weighted by Gasteiger charge is -2.18. The maximum atomic E-state index is 14.6. The Hall–Kier alpha value is -5.11. The van der Waals surface area contributed by atoms with Crippen molar-refractivity contribution in [3.05, 3.63) is 89.5 Å². The highest BCUT2D eigenvalue weighted by Crippen LogP contribution is 2.32. The summed E-state index contributed by atoms with van der Waals surface area (Å²) in [5.41, 5.74) is 12.5. The van der Waals surface area contributed by atoms with Gasteiger partial charge in [0, 0.05) is 17.5 Å². The van der Waals surface area contributed by atoms with Gasteiger partial charge in [-0.2, -0.15) is 14.0 Å². The topological polar surface area (TPSA) is 147 Å². The maximum absolute atomic E-state index is 14.6. The summed E-state index contributed by atoms with van der Waals surface area (Å²) in [5, 5.41) is 8.52. The average Bonchev–Trinajstić information content (AvgIpc) is 2.94. The molecule has 0 heterocycles. The molecule has 9 nitrogen and oxygen atoms in total. The number of nitriles is 1. The number of unbranched alkanes of at least 4 members (excludes halogenated alkanes) is 1. The van der Waals surface area contributed by atoms with Crippen LogP contribution >= 0.6 is 0 Å². The molecule has 0 aliphatic rings. The summed E-state index contributed by atoms with van der Waals surface area (Å²) in [4.78, 5) is 24.0. The van der Waals surface area contributed by atoms with E-state index in [0.717, 1.165) is 0 Å². The number of carbonyl (C=O) groups excluding carboxylic acids is 2. The first-order valence-corrected chi connectivity index (χ1v) is 12.6. The Morgan fingerprint density at radius 3 is 2.10 bits per heavy atom. The Balaban J connectivity index is 1.37. The average molecular weight is 566 g/mol. The van der Waals surface area contributed by atoms with E-state index >= 15 is 0 Å². The largest absolute Gasteiger partial charge is 0.493 e. The summed E-state index contributed by atoms with van der Waals surface area (Å²) in [6, 6.07) is 17.3. The zero-order valence-electron chi connectivity index (χ0n) is 22.1. The highest BCUT2D eigenvalue weighted by Gasteiger charge is 2.34. The highest BCUT2D eigenvalue weighted by molar-refractivity contribution is 5.91. The Bertz CT molecular complexity index is 1370. The lowest BCUT2D eigenvalue weighted by Crippen LogP contribution is -2.21. The number of esters is 2. The minimum atomic E-state index is -3.59. The molecule has 214 valence electrons. The first kappa shape index (κ1) is 30.4. The number of carbonyl (C=O) groups is 2. The summed E-state index contributed by atoms with van der Waals surface area (Å²) < 4.78 is 49.5. The lowest BCUT2D eigenvalue weighted by atomic mass is 10.2. The van der Waals surface area contributed by atoms with Gasteiger partial charge in [-0.05, 0) is 79.1 Å². The van der Waals surface area contributed by atoms with Gasteiger partial charge in [0.15, 0.2) is 0 Å². The van der Waals surface area contributed by atoms with Crippen LogP contribution in [0.4, 0.5) is 20.2 Å². The van der Waals surface area contributed by atoms with E-state index in [-0.39, 0.29) is 43.1 Å². The second-order valence-electron chi connectivity index (χ2n) is 8.70. The second-order valence-corrected chi connectivity index (χ2v) is 8.70. The van der Waals surface area contributed by atoms with Crippen LogP contribution in [0.1, 0.15) is 40.7 Å². The van der Waals surface area contributed by atoms with Gasteiger partial charge in [0.25, 0.3) is 0 Å². The van der Waals surface area contributed by atoms with Gasteiger partial charge in [-0.15, -0.1) is 0 Å². The normalized spacial score (nSPS) is 11.0. The summed E-state index contributed by atoms with van der Waals surface area (Å²) in [7, 11) is 0. The number of benzene rings is 3. The molecular formula is C30H29F2N3O6. The molecule has 0 aliphatic carbocycles. The number of nitrogens with two attached hydrogens (primary N) is 2. The number of halogens is 2. The van der Waals surface area contributed by atoms with Gasteiger partial charge in [-0.3, -0.25) is 0 Å². The number of nitrogen functional groups attached to an aromatic ring is 2. The van der Waals surface area contributed by atoms with Crippen molar-refractivity contribution in [1.82, 2.24) is 0 Å². The molecule has 3 aromatic carbocycles. The molecule has 0 radical (unpaired) electrons. The monoisotopic (exact) mass is 565 g/mol. The zero-order chi connectivity index (χ0) is 29.7. The van der Waals surface area contributed by atoms with Gasteiger partial charge < -0.3 is 30.4 Å². The Kier molecular flexibility index (Phi) is 11.0. The third-order valence-corrected chi connectivity index (χ3v) is 5.44. The summed E-state index contributed by atoms with van der Waals surface area (Å²) in [5.74, 6) is -0.818.